The first kappa shape index (κ1) is 14.3. The largest absolute Gasteiger partial charge is 0.365 e. The molecule has 20 heavy (non-hydrogen) atoms. The van der Waals surface area contributed by atoms with Gasteiger partial charge in [-0.1, -0.05) is 17.7 Å². The molecule has 0 spiro atoms. The van der Waals surface area contributed by atoms with Crippen molar-refractivity contribution in [3.05, 3.63) is 57.5 Å². The van der Waals surface area contributed by atoms with Gasteiger partial charge in [0.25, 0.3) is 0 Å². The normalized spacial score (nSPS) is 10.2. The van der Waals surface area contributed by atoms with E-state index in [0.29, 0.717) is 17.9 Å². The van der Waals surface area contributed by atoms with E-state index in [2.05, 4.69) is 16.4 Å². The molecule has 0 unspecified atom stereocenters. The molecule has 1 aromatic carbocycles. The Morgan fingerprint density at radius 1 is 1.35 bits per heavy atom. The Morgan fingerprint density at radius 3 is 2.75 bits per heavy atom. The van der Waals surface area contributed by atoms with Crippen LogP contribution < -0.4 is 5.32 Å². The first-order valence-electron chi connectivity index (χ1n) is 6.07. The topological polar surface area (TPSA) is 48.7 Å². The van der Waals surface area contributed by atoms with Gasteiger partial charge in [0.15, 0.2) is 0 Å². The Hall–Kier alpha value is -2.12. The van der Waals surface area contributed by atoms with Crippen molar-refractivity contribution in [2.75, 3.05) is 5.32 Å². The van der Waals surface area contributed by atoms with E-state index in [1.54, 1.807) is 12.1 Å². The van der Waals surface area contributed by atoms with E-state index >= 15 is 0 Å². The molecular formula is C15H13ClFN3. The van der Waals surface area contributed by atoms with E-state index in [-0.39, 0.29) is 5.02 Å². The van der Waals surface area contributed by atoms with Crippen LogP contribution in [0.1, 0.15) is 22.4 Å². The Kier molecular flexibility index (Phi) is 4.21. The molecule has 0 saturated heterocycles. The van der Waals surface area contributed by atoms with Crippen molar-refractivity contribution in [3.8, 4) is 6.07 Å². The highest BCUT2D eigenvalue weighted by Gasteiger charge is 2.08. The lowest BCUT2D eigenvalue weighted by Crippen LogP contribution is -2.06. The molecule has 0 atom stereocenters. The second-order valence-electron chi connectivity index (χ2n) is 4.52. The third kappa shape index (κ3) is 3.06. The Labute approximate surface area is 122 Å². The number of aryl methyl sites for hydroxylation is 2. The summed E-state index contributed by atoms with van der Waals surface area (Å²) in [4.78, 5) is 4.32. The van der Waals surface area contributed by atoms with Crippen LogP contribution in [0.5, 0.6) is 0 Å². The molecule has 0 aliphatic rings. The second-order valence-corrected chi connectivity index (χ2v) is 4.93. The zero-order chi connectivity index (χ0) is 14.7. The van der Waals surface area contributed by atoms with Gasteiger partial charge in [0.1, 0.15) is 17.7 Å². The van der Waals surface area contributed by atoms with Gasteiger partial charge in [0.2, 0.25) is 0 Å². The molecule has 0 bridgehead atoms. The molecule has 0 aliphatic heterocycles. The van der Waals surface area contributed by atoms with Gasteiger partial charge in [-0.15, -0.1) is 0 Å². The van der Waals surface area contributed by atoms with E-state index in [1.807, 2.05) is 19.9 Å². The summed E-state index contributed by atoms with van der Waals surface area (Å²) in [6.45, 7) is 4.16. The van der Waals surface area contributed by atoms with E-state index in [1.165, 1.54) is 6.07 Å². The number of pyridine rings is 1. The van der Waals surface area contributed by atoms with Crippen LogP contribution in [0.4, 0.5) is 10.2 Å². The van der Waals surface area contributed by atoms with Crippen molar-refractivity contribution in [1.82, 2.24) is 4.98 Å². The van der Waals surface area contributed by atoms with E-state index < -0.39 is 5.82 Å². The summed E-state index contributed by atoms with van der Waals surface area (Å²) in [5, 5.41) is 12.3. The molecule has 0 aliphatic carbocycles. The van der Waals surface area contributed by atoms with Crippen LogP contribution in [0.25, 0.3) is 0 Å². The average molecular weight is 290 g/mol. The number of nitrogens with zero attached hydrogens (tertiary/aromatic N) is 2. The fourth-order valence-corrected chi connectivity index (χ4v) is 2.14. The van der Waals surface area contributed by atoms with E-state index in [4.69, 9.17) is 16.9 Å². The highest BCUT2D eigenvalue weighted by atomic mass is 35.5. The summed E-state index contributed by atoms with van der Waals surface area (Å²) in [5.41, 5.74) is 3.05. The number of nitriles is 1. The van der Waals surface area contributed by atoms with Crippen molar-refractivity contribution < 1.29 is 4.39 Å². The molecule has 0 amide bonds. The van der Waals surface area contributed by atoms with Gasteiger partial charge in [0.05, 0.1) is 10.6 Å². The molecule has 2 aromatic rings. The Bertz CT molecular complexity index is 692. The maximum atomic E-state index is 13.1. The molecular weight excluding hydrogens is 277 g/mol. The van der Waals surface area contributed by atoms with Gasteiger partial charge in [0, 0.05) is 12.2 Å². The first-order chi connectivity index (χ1) is 9.51. The zero-order valence-electron chi connectivity index (χ0n) is 11.2. The van der Waals surface area contributed by atoms with Crippen LogP contribution >= 0.6 is 11.6 Å². The van der Waals surface area contributed by atoms with Gasteiger partial charge >= 0.3 is 0 Å². The fraction of sp³-hybridized carbons (Fsp3) is 0.200. The molecule has 102 valence electrons. The smallest absolute Gasteiger partial charge is 0.144 e. The number of hydrogen-bond acceptors (Lipinski definition) is 3. The molecule has 3 nitrogen and oxygen atoms in total. The molecule has 2 rings (SSSR count). The lowest BCUT2D eigenvalue weighted by Gasteiger charge is -2.10. The summed E-state index contributed by atoms with van der Waals surface area (Å²) in [6.07, 6.45) is 0. The maximum Gasteiger partial charge on any atom is 0.144 e. The summed E-state index contributed by atoms with van der Waals surface area (Å²) in [5.74, 6) is 0.0862. The third-order valence-electron chi connectivity index (χ3n) is 2.90. The van der Waals surface area contributed by atoms with Gasteiger partial charge in [-0.3, -0.25) is 0 Å². The SMILES string of the molecule is Cc1cc(C)c(C#N)c(NCc2ccc(F)c(Cl)c2)n1. The van der Waals surface area contributed by atoms with Crippen LogP contribution in [0.3, 0.4) is 0 Å². The number of hydrogen-bond donors (Lipinski definition) is 1. The molecule has 0 saturated carbocycles. The minimum Gasteiger partial charge on any atom is -0.365 e. The zero-order valence-corrected chi connectivity index (χ0v) is 11.9. The highest BCUT2D eigenvalue weighted by molar-refractivity contribution is 6.30. The lowest BCUT2D eigenvalue weighted by molar-refractivity contribution is 0.627. The summed E-state index contributed by atoms with van der Waals surface area (Å²) >= 11 is 5.73. The van der Waals surface area contributed by atoms with Crippen LogP contribution in [-0.2, 0) is 6.54 Å². The molecule has 5 heteroatoms. The standard InChI is InChI=1S/C15H13ClFN3/c1-9-5-10(2)20-15(12(9)7-18)19-8-11-3-4-14(17)13(16)6-11/h3-6H,8H2,1-2H3,(H,19,20). The quantitative estimate of drug-likeness (QED) is 0.930. The van der Waals surface area contributed by atoms with Crippen molar-refractivity contribution in [2.24, 2.45) is 0 Å². The van der Waals surface area contributed by atoms with Gasteiger partial charge in [-0.2, -0.15) is 5.26 Å². The lowest BCUT2D eigenvalue weighted by atomic mass is 10.1. The van der Waals surface area contributed by atoms with Crippen molar-refractivity contribution in [2.45, 2.75) is 20.4 Å². The fourth-order valence-electron chi connectivity index (χ4n) is 1.94. The third-order valence-corrected chi connectivity index (χ3v) is 3.19. The number of halogens is 2. The van der Waals surface area contributed by atoms with Crippen LogP contribution in [0.15, 0.2) is 24.3 Å². The number of aromatic nitrogens is 1. The van der Waals surface area contributed by atoms with Crippen molar-refractivity contribution in [1.29, 1.82) is 5.26 Å². The minimum atomic E-state index is -0.447. The predicted molar refractivity (Wildman–Crippen MR) is 77.2 cm³/mol. The van der Waals surface area contributed by atoms with E-state index in [9.17, 15) is 4.39 Å². The van der Waals surface area contributed by atoms with E-state index in [0.717, 1.165) is 16.8 Å². The predicted octanol–water partition coefficient (Wildman–Crippen LogP) is 3.97. The average Bonchev–Trinajstić information content (AvgIpc) is 2.39. The number of nitrogens with one attached hydrogen (secondary N) is 1. The number of anilines is 1. The summed E-state index contributed by atoms with van der Waals surface area (Å²) in [7, 11) is 0. The minimum absolute atomic E-state index is 0.0817. The Morgan fingerprint density at radius 2 is 2.10 bits per heavy atom. The van der Waals surface area contributed by atoms with Crippen LogP contribution in [-0.4, -0.2) is 4.98 Å². The number of rotatable bonds is 3. The first-order valence-corrected chi connectivity index (χ1v) is 6.45. The monoisotopic (exact) mass is 289 g/mol. The summed E-state index contributed by atoms with van der Waals surface area (Å²) < 4.78 is 13.1. The molecule has 1 heterocycles. The van der Waals surface area contributed by atoms with Gasteiger partial charge in [-0.25, -0.2) is 9.37 Å². The van der Waals surface area contributed by atoms with Crippen LogP contribution in [0.2, 0.25) is 5.02 Å². The molecule has 1 aromatic heterocycles. The van der Waals surface area contributed by atoms with Crippen molar-refractivity contribution >= 4 is 17.4 Å². The second kappa shape index (κ2) is 5.89. The van der Waals surface area contributed by atoms with Crippen LogP contribution in [0, 0.1) is 31.0 Å². The molecule has 1 N–H and O–H groups in total. The number of benzene rings is 1. The summed E-state index contributed by atoms with van der Waals surface area (Å²) in [6, 6.07) is 8.51. The maximum absolute atomic E-state index is 13.1. The Balaban J connectivity index is 2.23. The van der Waals surface area contributed by atoms with Crippen molar-refractivity contribution in [3.63, 3.8) is 0 Å². The molecule has 0 fully saturated rings. The van der Waals surface area contributed by atoms with Gasteiger partial charge in [-0.05, 0) is 43.2 Å². The highest BCUT2D eigenvalue weighted by Crippen LogP contribution is 2.20. The molecule has 0 radical (unpaired) electrons. The van der Waals surface area contributed by atoms with Gasteiger partial charge < -0.3 is 5.32 Å².